The van der Waals surface area contributed by atoms with Gasteiger partial charge in [-0.3, -0.25) is 19.7 Å². The lowest BCUT2D eigenvalue weighted by Crippen LogP contribution is -2.37. The highest BCUT2D eigenvalue weighted by atomic mass is 35.5. The first kappa shape index (κ1) is 19.8. The van der Waals surface area contributed by atoms with Crippen molar-refractivity contribution in [2.24, 2.45) is 0 Å². The number of rotatable bonds is 5. The van der Waals surface area contributed by atoms with Gasteiger partial charge in [0.05, 0.1) is 4.92 Å². The van der Waals surface area contributed by atoms with Crippen molar-refractivity contribution in [3.8, 4) is 0 Å². The van der Waals surface area contributed by atoms with Gasteiger partial charge in [0.15, 0.2) is 0 Å². The second kappa shape index (κ2) is 8.37. The molecule has 0 saturated carbocycles. The fourth-order valence-electron chi connectivity index (χ4n) is 3.13. The minimum Gasteiger partial charge on any atom is -0.375 e. The molecule has 1 aliphatic heterocycles. The van der Waals surface area contributed by atoms with Gasteiger partial charge in [0, 0.05) is 36.7 Å². The molecule has 1 aliphatic rings. The van der Waals surface area contributed by atoms with Crippen LogP contribution in [0.5, 0.6) is 0 Å². The van der Waals surface area contributed by atoms with Gasteiger partial charge in [-0.15, -0.1) is 0 Å². The number of nitro benzene ring substituents is 1. The molecule has 0 atom stereocenters. The van der Waals surface area contributed by atoms with Crippen molar-refractivity contribution >= 4 is 40.5 Å². The molecule has 0 aromatic heterocycles. The van der Waals surface area contributed by atoms with E-state index in [0.29, 0.717) is 12.2 Å². The van der Waals surface area contributed by atoms with Gasteiger partial charge < -0.3 is 15.0 Å². The SMILES string of the molecule is COCC(=O)N1CCCc2cc(NC(=O)c3ccc(Cl)c([N+](=O)[O-])c3)ccc21. The van der Waals surface area contributed by atoms with Crippen LogP contribution < -0.4 is 10.2 Å². The summed E-state index contributed by atoms with van der Waals surface area (Å²) in [5, 5.41) is 13.7. The number of nitrogens with one attached hydrogen (secondary N) is 1. The predicted molar refractivity (Wildman–Crippen MR) is 105 cm³/mol. The summed E-state index contributed by atoms with van der Waals surface area (Å²) in [5.74, 6) is -0.600. The van der Waals surface area contributed by atoms with E-state index >= 15 is 0 Å². The monoisotopic (exact) mass is 403 g/mol. The summed E-state index contributed by atoms with van der Waals surface area (Å²) in [6, 6.07) is 9.17. The minimum atomic E-state index is -0.635. The molecule has 3 rings (SSSR count). The molecule has 2 aromatic carbocycles. The molecule has 0 fully saturated rings. The Kier molecular flexibility index (Phi) is 5.91. The van der Waals surface area contributed by atoms with Crippen molar-refractivity contribution in [3.05, 3.63) is 62.7 Å². The molecule has 0 spiro atoms. The molecule has 0 unspecified atom stereocenters. The van der Waals surface area contributed by atoms with Crippen molar-refractivity contribution in [2.75, 3.05) is 30.5 Å². The second-order valence-corrected chi connectivity index (χ2v) is 6.71. The zero-order chi connectivity index (χ0) is 20.3. The smallest absolute Gasteiger partial charge is 0.288 e. The van der Waals surface area contributed by atoms with Gasteiger partial charge in [-0.05, 0) is 48.7 Å². The lowest BCUT2D eigenvalue weighted by Gasteiger charge is -2.29. The van der Waals surface area contributed by atoms with Crippen molar-refractivity contribution in [1.82, 2.24) is 0 Å². The van der Waals surface area contributed by atoms with Crippen LogP contribution in [0.4, 0.5) is 17.1 Å². The van der Waals surface area contributed by atoms with Crippen molar-refractivity contribution < 1.29 is 19.2 Å². The Hall–Kier alpha value is -2.97. The van der Waals surface area contributed by atoms with E-state index in [9.17, 15) is 19.7 Å². The highest BCUT2D eigenvalue weighted by molar-refractivity contribution is 6.32. The number of anilines is 2. The number of carbonyl (C=O) groups excluding carboxylic acids is 2. The Morgan fingerprint density at radius 3 is 2.79 bits per heavy atom. The molecular weight excluding hydrogens is 386 g/mol. The summed E-state index contributed by atoms with van der Waals surface area (Å²) in [6.45, 7) is 0.628. The molecule has 28 heavy (non-hydrogen) atoms. The highest BCUT2D eigenvalue weighted by Crippen LogP contribution is 2.30. The van der Waals surface area contributed by atoms with Crippen LogP contribution in [-0.2, 0) is 16.0 Å². The second-order valence-electron chi connectivity index (χ2n) is 6.30. The fraction of sp³-hybridized carbons (Fsp3) is 0.263. The number of hydrogen-bond donors (Lipinski definition) is 1. The molecule has 0 bridgehead atoms. The molecule has 0 aliphatic carbocycles. The van der Waals surface area contributed by atoms with Gasteiger partial charge in [0.25, 0.3) is 17.5 Å². The highest BCUT2D eigenvalue weighted by Gasteiger charge is 2.23. The number of aryl methyl sites for hydroxylation is 1. The van der Waals surface area contributed by atoms with Crippen molar-refractivity contribution in [3.63, 3.8) is 0 Å². The first-order chi connectivity index (χ1) is 13.4. The van der Waals surface area contributed by atoms with Crippen LogP contribution in [-0.4, -0.2) is 37.0 Å². The molecule has 9 heteroatoms. The number of halogens is 1. The molecular formula is C19H18ClN3O5. The van der Waals surface area contributed by atoms with E-state index in [2.05, 4.69) is 5.32 Å². The number of carbonyl (C=O) groups is 2. The average molecular weight is 404 g/mol. The largest absolute Gasteiger partial charge is 0.375 e. The van der Waals surface area contributed by atoms with E-state index in [1.807, 2.05) is 6.07 Å². The van der Waals surface area contributed by atoms with E-state index in [0.717, 1.165) is 30.2 Å². The van der Waals surface area contributed by atoms with E-state index in [1.165, 1.54) is 19.2 Å². The Morgan fingerprint density at radius 2 is 2.07 bits per heavy atom. The number of benzene rings is 2. The molecule has 2 amide bonds. The number of amides is 2. The molecule has 0 radical (unpaired) electrons. The number of fused-ring (bicyclic) bond motifs is 1. The lowest BCUT2D eigenvalue weighted by molar-refractivity contribution is -0.384. The van der Waals surface area contributed by atoms with Gasteiger partial charge in [-0.1, -0.05) is 11.6 Å². The third kappa shape index (κ3) is 4.13. The fourth-order valence-corrected chi connectivity index (χ4v) is 3.32. The standard InChI is InChI=1S/C19H18ClN3O5/c1-28-11-18(24)22-8-2-3-12-9-14(5-7-16(12)22)21-19(25)13-4-6-15(20)17(10-13)23(26)27/h4-7,9-10H,2-3,8,11H2,1H3,(H,21,25). The number of nitrogens with zero attached hydrogens (tertiary/aromatic N) is 2. The molecule has 0 saturated heterocycles. The minimum absolute atomic E-state index is 0.00722. The lowest BCUT2D eigenvalue weighted by atomic mass is 10.0. The van der Waals surface area contributed by atoms with Gasteiger partial charge in [0.2, 0.25) is 0 Å². The molecule has 146 valence electrons. The zero-order valence-electron chi connectivity index (χ0n) is 15.1. The maximum absolute atomic E-state index is 12.5. The molecule has 1 heterocycles. The predicted octanol–water partition coefficient (Wildman–Crippen LogP) is 3.43. The van der Waals surface area contributed by atoms with Crippen molar-refractivity contribution in [1.29, 1.82) is 0 Å². The van der Waals surface area contributed by atoms with E-state index in [-0.39, 0.29) is 28.8 Å². The van der Waals surface area contributed by atoms with Gasteiger partial charge in [0.1, 0.15) is 11.6 Å². The third-order valence-corrected chi connectivity index (χ3v) is 4.75. The molecule has 8 nitrogen and oxygen atoms in total. The van der Waals surface area contributed by atoms with Crippen LogP contribution in [0.15, 0.2) is 36.4 Å². The Morgan fingerprint density at radius 1 is 1.29 bits per heavy atom. The third-order valence-electron chi connectivity index (χ3n) is 4.43. The van der Waals surface area contributed by atoms with Crippen LogP contribution in [0.1, 0.15) is 22.3 Å². The average Bonchev–Trinajstić information content (AvgIpc) is 2.67. The number of ether oxygens (including phenoxy) is 1. The van der Waals surface area contributed by atoms with E-state index < -0.39 is 10.8 Å². The Labute approximate surface area is 166 Å². The molecule has 2 aromatic rings. The summed E-state index contributed by atoms with van der Waals surface area (Å²) >= 11 is 5.78. The van der Waals surface area contributed by atoms with Crippen LogP contribution >= 0.6 is 11.6 Å². The number of hydrogen-bond acceptors (Lipinski definition) is 5. The van der Waals surface area contributed by atoms with Crippen LogP contribution in [0.3, 0.4) is 0 Å². The summed E-state index contributed by atoms with van der Waals surface area (Å²) in [7, 11) is 1.47. The first-order valence-corrected chi connectivity index (χ1v) is 8.96. The summed E-state index contributed by atoms with van der Waals surface area (Å²) < 4.78 is 4.93. The normalized spacial score (nSPS) is 13.0. The molecule has 1 N–H and O–H groups in total. The van der Waals surface area contributed by atoms with Gasteiger partial charge >= 0.3 is 0 Å². The van der Waals surface area contributed by atoms with Gasteiger partial charge in [-0.25, -0.2) is 0 Å². The Bertz CT molecular complexity index is 947. The Balaban J connectivity index is 1.81. The van der Waals surface area contributed by atoms with Crippen molar-refractivity contribution in [2.45, 2.75) is 12.8 Å². The maximum Gasteiger partial charge on any atom is 0.288 e. The summed E-state index contributed by atoms with van der Waals surface area (Å²) in [4.78, 5) is 36.7. The van der Waals surface area contributed by atoms with Crippen LogP contribution in [0, 0.1) is 10.1 Å². The van der Waals surface area contributed by atoms with E-state index in [1.54, 1.807) is 17.0 Å². The maximum atomic E-state index is 12.5. The quantitative estimate of drug-likeness (QED) is 0.608. The van der Waals surface area contributed by atoms with Crippen LogP contribution in [0.25, 0.3) is 0 Å². The zero-order valence-corrected chi connectivity index (χ0v) is 15.9. The number of nitro groups is 1. The van der Waals surface area contributed by atoms with Crippen LogP contribution in [0.2, 0.25) is 5.02 Å². The first-order valence-electron chi connectivity index (χ1n) is 8.58. The van der Waals surface area contributed by atoms with Gasteiger partial charge in [-0.2, -0.15) is 0 Å². The topological polar surface area (TPSA) is 102 Å². The van der Waals surface area contributed by atoms with E-state index in [4.69, 9.17) is 16.3 Å². The number of methoxy groups -OCH3 is 1. The summed E-state index contributed by atoms with van der Waals surface area (Å²) in [6.07, 6.45) is 1.59. The summed E-state index contributed by atoms with van der Waals surface area (Å²) in [5.41, 5.74) is 2.09.